The molecule has 1 aliphatic rings. The number of halogens is 1. The van der Waals surface area contributed by atoms with Gasteiger partial charge in [0.05, 0.1) is 6.10 Å². The molecule has 2 aromatic carbocycles. The summed E-state index contributed by atoms with van der Waals surface area (Å²) in [5.74, 6) is -0.312. The predicted molar refractivity (Wildman–Crippen MR) is 76.9 cm³/mol. The van der Waals surface area contributed by atoms with Crippen LogP contribution in [0.4, 0.5) is 4.39 Å². The molecule has 0 saturated carbocycles. The van der Waals surface area contributed by atoms with Crippen molar-refractivity contribution in [1.29, 1.82) is 0 Å². The summed E-state index contributed by atoms with van der Waals surface area (Å²) in [6.07, 6.45) is 1.44. The molecule has 2 atom stereocenters. The summed E-state index contributed by atoms with van der Waals surface area (Å²) >= 11 is 0. The van der Waals surface area contributed by atoms with E-state index >= 15 is 0 Å². The molecule has 0 bridgehead atoms. The highest BCUT2D eigenvalue weighted by Gasteiger charge is 2.22. The van der Waals surface area contributed by atoms with E-state index in [1.165, 1.54) is 23.3 Å². The molecule has 1 aliphatic carbocycles. The van der Waals surface area contributed by atoms with Crippen molar-refractivity contribution in [2.75, 3.05) is 6.54 Å². The Balaban J connectivity index is 1.63. The van der Waals surface area contributed by atoms with Gasteiger partial charge in [0.25, 0.3) is 0 Å². The molecule has 3 rings (SSSR count). The third-order valence-electron chi connectivity index (χ3n) is 3.92. The highest BCUT2D eigenvalue weighted by atomic mass is 19.1. The molecular formula is C17H18FNO. The van der Waals surface area contributed by atoms with E-state index in [-0.39, 0.29) is 11.9 Å². The second kappa shape index (κ2) is 5.73. The first-order valence-corrected chi connectivity index (χ1v) is 6.99. The molecule has 104 valence electrons. The van der Waals surface area contributed by atoms with E-state index in [0.29, 0.717) is 12.1 Å². The fraction of sp³-hybridized carbons (Fsp3) is 0.294. The molecule has 0 aromatic heterocycles. The average molecular weight is 271 g/mol. The van der Waals surface area contributed by atoms with Crippen molar-refractivity contribution in [2.24, 2.45) is 0 Å². The molecule has 2 unspecified atom stereocenters. The maximum atomic E-state index is 13.1. The standard InChI is InChI=1S/C17H18FNO/c18-14-6-3-5-13(10-14)17(20)11-19-16-9-8-12-4-1-2-7-15(12)16/h1-7,10,16-17,19-20H,8-9,11H2. The highest BCUT2D eigenvalue weighted by Crippen LogP contribution is 2.31. The molecule has 0 aliphatic heterocycles. The Morgan fingerprint density at radius 2 is 2.05 bits per heavy atom. The lowest BCUT2D eigenvalue weighted by Gasteiger charge is -2.17. The largest absolute Gasteiger partial charge is 0.387 e. The maximum Gasteiger partial charge on any atom is 0.123 e. The van der Waals surface area contributed by atoms with Crippen molar-refractivity contribution in [1.82, 2.24) is 5.32 Å². The quantitative estimate of drug-likeness (QED) is 0.895. The normalized spacial score (nSPS) is 18.8. The summed E-state index contributed by atoms with van der Waals surface area (Å²) in [5, 5.41) is 13.5. The van der Waals surface area contributed by atoms with Crippen molar-refractivity contribution >= 4 is 0 Å². The van der Waals surface area contributed by atoms with Crippen molar-refractivity contribution in [2.45, 2.75) is 25.0 Å². The van der Waals surface area contributed by atoms with Crippen molar-refractivity contribution in [3.63, 3.8) is 0 Å². The summed E-state index contributed by atoms with van der Waals surface area (Å²) in [7, 11) is 0. The molecule has 20 heavy (non-hydrogen) atoms. The van der Waals surface area contributed by atoms with Crippen LogP contribution in [-0.2, 0) is 6.42 Å². The van der Waals surface area contributed by atoms with Gasteiger partial charge in [-0.15, -0.1) is 0 Å². The lowest BCUT2D eigenvalue weighted by molar-refractivity contribution is 0.169. The summed E-state index contributed by atoms with van der Waals surface area (Å²) in [5.41, 5.74) is 3.31. The number of benzene rings is 2. The number of fused-ring (bicyclic) bond motifs is 1. The van der Waals surface area contributed by atoms with Gasteiger partial charge in [0, 0.05) is 12.6 Å². The Bertz CT molecular complexity index is 599. The van der Waals surface area contributed by atoms with Gasteiger partial charge in [0.15, 0.2) is 0 Å². The van der Waals surface area contributed by atoms with E-state index in [1.54, 1.807) is 12.1 Å². The molecule has 2 N–H and O–H groups in total. The van der Waals surface area contributed by atoms with Crippen LogP contribution in [0.2, 0.25) is 0 Å². The SMILES string of the molecule is OC(CNC1CCc2ccccc21)c1cccc(F)c1. The van der Waals surface area contributed by atoms with Crippen LogP contribution in [0.1, 0.15) is 35.3 Å². The van der Waals surface area contributed by atoms with Gasteiger partial charge in [0.2, 0.25) is 0 Å². The topological polar surface area (TPSA) is 32.3 Å². The minimum absolute atomic E-state index is 0.286. The summed E-state index contributed by atoms with van der Waals surface area (Å²) in [4.78, 5) is 0. The Morgan fingerprint density at radius 3 is 2.90 bits per heavy atom. The zero-order chi connectivity index (χ0) is 13.9. The third-order valence-corrected chi connectivity index (χ3v) is 3.92. The Kier molecular flexibility index (Phi) is 3.81. The average Bonchev–Trinajstić information content (AvgIpc) is 2.88. The summed E-state index contributed by atoms with van der Waals surface area (Å²) in [6, 6.07) is 14.8. The number of hydrogen-bond donors (Lipinski definition) is 2. The van der Waals surface area contributed by atoms with Crippen LogP contribution in [0.25, 0.3) is 0 Å². The molecule has 0 saturated heterocycles. The predicted octanol–water partition coefficient (Wildman–Crippen LogP) is 3.14. The van der Waals surface area contributed by atoms with Gasteiger partial charge >= 0.3 is 0 Å². The summed E-state index contributed by atoms with van der Waals surface area (Å²) in [6.45, 7) is 0.433. The van der Waals surface area contributed by atoms with Gasteiger partial charge in [-0.2, -0.15) is 0 Å². The van der Waals surface area contributed by atoms with Crippen LogP contribution in [0.15, 0.2) is 48.5 Å². The van der Waals surface area contributed by atoms with Crippen molar-refractivity contribution in [3.8, 4) is 0 Å². The second-order valence-corrected chi connectivity index (χ2v) is 5.27. The van der Waals surface area contributed by atoms with Crippen LogP contribution < -0.4 is 5.32 Å². The first-order chi connectivity index (χ1) is 9.74. The van der Waals surface area contributed by atoms with Crippen molar-refractivity contribution < 1.29 is 9.50 Å². The van der Waals surface area contributed by atoms with Crippen LogP contribution in [0, 0.1) is 5.82 Å². The number of aryl methyl sites for hydroxylation is 1. The minimum Gasteiger partial charge on any atom is -0.387 e. The lowest BCUT2D eigenvalue weighted by atomic mass is 10.1. The van der Waals surface area contributed by atoms with Gasteiger partial charge in [0.1, 0.15) is 5.82 Å². The highest BCUT2D eigenvalue weighted by molar-refractivity contribution is 5.34. The third kappa shape index (κ3) is 2.74. The van der Waals surface area contributed by atoms with Crippen molar-refractivity contribution in [3.05, 3.63) is 71.0 Å². The lowest BCUT2D eigenvalue weighted by Crippen LogP contribution is -2.25. The first kappa shape index (κ1) is 13.3. The minimum atomic E-state index is -0.682. The Hall–Kier alpha value is -1.71. The Morgan fingerprint density at radius 1 is 1.20 bits per heavy atom. The smallest absolute Gasteiger partial charge is 0.123 e. The van der Waals surface area contributed by atoms with Gasteiger partial charge in [-0.1, -0.05) is 36.4 Å². The fourth-order valence-corrected chi connectivity index (χ4v) is 2.85. The molecule has 0 fully saturated rings. The zero-order valence-corrected chi connectivity index (χ0v) is 11.2. The van der Waals surface area contributed by atoms with E-state index in [4.69, 9.17) is 0 Å². The van der Waals surface area contributed by atoms with Gasteiger partial charge in [-0.05, 0) is 41.7 Å². The fourth-order valence-electron chi connectivity index (χ4n) is 2.85. The van der Waals surface area contributed by atoms with E-state index in [2.05, 4.69) is 23.5 Å². The summed E-state index contributed by atoms with van der Waals surface area (Å²) < 4.78 is 13.1. The van der Waals surface area contributed by atoms with Crippen LogP contribution >= 0.6 is 0 Å². The van der Waals surface area contributed by atoms with E-state index in [1.807, 2.05) is 6.07 Å². The molecule has 3 heteroatoms. The first-order valence-electron chi connectivity index (χ1n) is 6.99. The Labute approximate surface area is 118 Å². The molecular weight excluding hydrogens is 253 g/mol. The van der Waals surface area contributed by atoms with E-state index < -0.39 is 6.10 Å². The zero-order valence-electron chi connectivity index (χ0n) is 11.2. The number of rotatable bonds is 4. The van der Waals surface area contributed by atoms with Crippen LogP contribution in [0.3, 0.4) is 0 Å². The number of aliphatic hydroxyl groups excluding tert-OH is 1. The van der Waals surface area contributed by atoms with Crippen LogP contribution in [0.5, 0.6) is 0 Å². The van der Waals surface area contributed by atoms with Gasteiger partial charge in [-0.3, -0.25) is 0 Å². The molecule has 0 radical (unpaired) electrons. The molecule has 0 spiro atoms. The number of nitrogens with one attached hydrogen (secondary N) is 1. The molecule has 0 amide bonds. The van der Waals surface area contributed by atoms with Gasteiger partial charge < -0.3 is 10.4 Å². The number of aliphatic hydroxyl groups is 1. The monoisotopic (exact) mass is 271 g/mol. The maximum absolute atomic E-state index is 13.1. The second-order valence-electron chi connectivity index (χ2n) is 5.27. The van der Waals surface area contributed by atoms with E-state index in [0.717, 1.165) is 12.8 Å². The van der Waals surface area contributed by atoms with Crippen LogP contribution in [-0.4, -0.2) is 11.7 Å². The van der Waals surface area contributed by atoms with Gasteiger partial charge in [-0.25, -0.2) is 4.39 Å². The molecule has 2 aromatic rings. The van der Waals surface area contributed by atoms with E-state index in [9.17, 15) is 9.50 Å². The number of hydrogen-bond acceptors (Lipinski definition) is 2. The molecule has 0 heterocycles. The molecule has 2 nitrogen and oxygen atoms in total.